The third-order valence-electron chi connectivity index (χ3n) is 5.72. The molecule has 0 heterocycles. The molecule has 5 aromatic rings. The highest BCUT2D eigenvalue weighted by Gasteiger charge is 2.13. The molecule has 0 aliphatic carbocycles. The van der Waals surface area contributed by atoms with Gasteiger partial charge in [-0.2, -0.15) is 0 Å². The van der Waals surface area contributed by atoms with Crippen LogP contribution in [0.5, 0.6) is 11.5 Å². The number of hydrogen-bond acceptors (Lipinski definition) is 2. The normalized spacial score (nSPS) is 10.8. The predicted molar refractivity (Wildman–Crippen MR) is 132 cm³/mol. The average molecular weight is 415 g/mol. The highest BCUT2D eigenvalue weighted by atomic mass is 16.3. The Morgan fingerprint density at radius 1 is 0.312 bits per heavy atom. The van der Waals surface area contributed by atoms with Crippen molar-refractivity contribution >= 4 is 0 Å². The van der Waals surface area contributed by atoms with Gasteiger partial charge in [0.15, 0.2) is 0 Å². The maximum Gasteiger partial charge on any atom is 0.124 e. The van der Waals surface area contributed by atoms with E-state index in [1.165, 1.54) is 0 Å². The third kappa shape index (κ3) is 3.86. The summed E-state index contributed by atoms with van der Waals surface area (Å²) in [5.74, 6) is 0.273. The van der Waals surface area contributed by atoms with E-state index in [1.54, 1.807) is 12.1 Å². The largest absolute Gasteiger partial charge is 0.507 e. The molecule has 2 heteroatoms. The highest BCUT2D eigenvalue weighted by Crippen LogP contribution is 2.40. The molecule has 2 N–H and O–H groups in total. The van der Waals surface area contributed by atoms with Crippen LogP contribution in [0.4, 0.5) is 0 Å². The first-order chi connectivity index (χ1) is 15.7. The molecular formula is C30H22O2. The van der Waals surface area contributed by atoms with E-state index in [9.17, 15) is 10.2 Å². The van der Waals surface area contributed by atoms with Crippen LogP contribution in [-0.2, 0) is 0 Å². The lowest BCUT2D eigenvalue weighted by Crippen LogP contribution is -1.85. The van der Waals surface area contributed by atoms with E-state index in [4.69, 9.17) is 0 Å². The molecule has 0 bridgehead atoms. The minimum atomic E-state index is 0.136. The van der Waals surface area contributed by atoms with Gasteiger partial charge in [-0.3, -0.25) is 0 Å². The summed E-state index contributed by atoms with van der Waals surface area (Å²) in [7, 11) is 0. The van der Waals surface area contributed by atoms with Crippen molar-refractivity contribution in [3.8, 4) is 56.0 Å². The molecule has 0 aliphatic rings. The highest BCUT2D eigenvalue weighted by molar-refractivity contribution is 5.82. The van der Waals surface area contributed by atoms with Gasteiger partial charge in [0.1, 0.15) is 11.5 Å². The first kappa shape index (κ1) is 19.7. The van der Waals surface area contributed by atoms with Crippen LogP contribution in [0.15, 0.2) is 121 Å². The van der Waals surface area contributed by atoms with Gasteiger partial charge in [0.05, 0.1) is 0 Å². The first-order valence-corrected chi connectivity index (χ1v) is 10.6. The van der Waals surface area contributed by atoms with Crippen LogP contribution in [-0.4, -0.2) is 10.2 Å². The van der Waals surface area contributed by atoms with Gasteiger partial charge >= 0.3 is 0 Å². The smallest absolute Gasteiger partial charge is 0.124 e. The summed E-state index contributed by atoms with van der Waals surface area (Å²) in [5.41, 5.74) is 7.40. The zero-order valence-electron chi connectivity index (χ0n) is 17.4. The Bertz CT molecular complexity index is 1230. The molecule has 5 rings (SSSR count). The standard InChI is InChI=1S/C30H22O2/c31-29-20-28(26-17-13-24(14-18-26)22-9-5-2-6-10-22)30(32)19-27(29)25-15-11-23(12-16-25)21-7-3-1-4-8-21/h1-20,31-32H. The fourth-order valence-corrected chi connectivity index (χ4v) is 3.98. The number of rotatable bonds is 4. The van der Waals surface area contributed by atoms with Gasteiger partial charge < -0.3 is 10.2 Å². The lowest BCUT2D eigenvalue weighted by Gasteiger charge is -2.12. The minimum absolute atomic E-state index is 0.136. The van der Waals surface area contributed by atoms with E-state index in [2.05, 4.69) is 24.3 Å². The van der Waals surface area contributed by atoms with Crippen LogP contribution in [0.1, 0.15) is 0 Å². The number of phenols is 2. The zero-order valence-corrected chi connectivity index (χ0v) is 17.4. The summed E-state index contributed by atoms with van der Waals surface area (Å²) in [5, 5.41) is 21.5. The van der Waals surface area contributed by atoms with E-state index >= 15 is 0 Å². The van der Waals surface area contributed by atoms with Crippen molar-refractivity contribution < 1.29 is 10.2 Å². The molecule has 0 atom stereocenters. The Balaban J connectivity index is 1.45. The lowest BCUT2D eigenvalue weighted by atomic mass is 9.95. The lowest BCUT2D eigenvalue weighted by molar-refractivity contribution is 0.463. The average Bonchev–Trinajstić information content (AvgIpc) is 2.86. The van der Waals surface area contributed by atoms with Crippen LogP contribution < -0.4 is 0 Å². The molecule has 0 amide bonds. The summed E-state index contributed by atoms with van der Waals surface area (Å²) in [4.78, 5) is 0. The van der Waals surface area contributed by atoms with E-state index < -0.39 is 0 Å². The number of aromatic hydroxyl groups is 2. The minimum Gasteiger partial charge on any atom is -0.507 e. The zero-order chi connectivity index (χ0) is 21.9. The fraction of sp³-hybridized carbons (Fsp3) is 0. The molecule has 0 unspecified atom stereocenters. The van der Waals surface area contributed by atoms with Gasteiger partial charge in [-0.25, -0.2) is 0 Å². The second-order valence-electron chi connectivity index (χ2n) is 7.77. The Hall–Kier alpha value is -4.30. The molecule has 2 nitrogen and oxygen atoms in total. The SMILES string of the molecule is Oc1cc(-c2ccc(-c3ccccc3)cc2)c(O)cc1-c1ccc(-c2ccccc2)cc1. The molecule has 0 saturated carbocycles. The Morgan fingerprint density at radius 2 is 0.594 bits per heavy atom. The van der Waals surface area contributed by atoms with Crippen molar-refractivity contribution in [1.29, 1.82) is 0 Å². The molecular weight excluding hydrogens is 392 g/mol. The summed E-state index contributed by atoms with van der Waals surface area (Å²) in [6.45, 7) is 0. The van der Waals surface area contributed by atoms with Crippen molar-refractivity contribution in [2.45, 2.75) is 0 Å². The molecule has 0 radical (unpaired) electrons. The van der Waals surface area contributed by atoms with Crippen LogP contribution in [0.2, 0.25) is 0 Å². The van der Waals surface area contributed by atoms with Crippen molar-refractivity contribution in [1.82, 2.24) is 0 Å². The van der Waals surface area contributed by atoms with Gasteiger partial charge in [0.2, 0.25) is 0 Å². The van der Waals surface area contributed by atoms with E-state index in [-0.39, 0.29) is 11.5 Å². The monoisotopic (exact) mass is 414 g/mol. The Labute approximate surface area is 187 Å². The van der Waals surface area contributed by atoms with Gasteiger partial charge in [0, 0.05) is 11.1 Å². The summed E-state index contributed by atoms with van der Waals surface area (Å²) >= 11 is 0. The molecule has 0 aromatic heterocycles. The quantitative estimate of drug-likeness (QED) is 0.295. The van der Waals surface area contributed by atoms with Crippen molar-refractivity contribution in [2.75, 3.05) is 0 Å². The predicted octanol–water partition coefficient (Wildman–Crippen LogP) is 7.77. The molecule has 154 valence electrons. The van der Waals surface area contributed by atoms with Gasteiger partial charge in [-0.1, -0.05) is 109 Å². The molecule has 5 aromatic carbocycles. The Morgan fingerprint density at radius 3 is 0.938 bits per heavy atom. The summed E-state index contributed by atoms with van der Waals surface area (Å²) in [6.07, 6.45) is 0. The van der Waals surface area contributed by atoms with E-state index in [1.807, 2.05) is 84.9 Å². The molecule has 32 heavy (non-hydrogen) atoms. The molecule has 0 fully saturated rings. The number of benzene rings is 5. The van der Waals surface area contributed by atoms with E-state index in [0.717, 1.165) is 33.4 Å². The second kappa shape index (κ2) is 8.44. The van der Waals surface area contributed by atoms with Crippen LogP contribution >= 0.6 is 0 Å². The van der Waals surface area contributed by atoms with Crippen molar-refractivity contribution in [3.05, 3.63) is 121 Å². The maximum atomic E-state index is 10.7. The summed E-state index contributed by atoms with van der Waals surface area (Å²) in [6, 6.07) is 39.5. The second-order valence-corrected chi connectivity index (χ2v) is 7.77. The fourth-order valence-electron chi connectivity index (χ4n) is 3.98. The van der Waals surface area contributed by atoms with Gasteiger partial charge in [0.25, 0.3) is 0 Å². The Kier molecular flexibility index (Phi) is 5.19. The number of hydrogen-bond donors (Lipinski definition) is 2. The van der Waals surface area contributed by atoms with Crippen LogP contribution in [0.25, 0.3) is 44.5 Å². The van der Waals surface area contributed by atoms with Gasteiger partial charge in [-0.05, 0) is 45.5 Å². The van der Waals surface area contributed by atoms with Crippen molar-refractivity contribution in [2.24, 2.45) is 0 Å². The first-order valence-electron chi connectivity index (χ1n) is 10.6. The topological polar surface area (TPSA) is 40.5 Å². The number of phenolic OH excluding ortho intramolecular Hbond substituents is 2. The van der Waals surface area contributed by atoms with Crippen molar-refractivity contribution in [3.63, 3.8) is 0 Å². The third-order valence-corrected chi connectivity index (χ3v) is 5.72. The van der Waals surface area contributed by atoms with Gasteiger partial charge in [-0.15, -0.1) is 0 Å². The van der Waals surface area contributed by atoms with Crippen LogP contribution in [0.3, 0.4) is 0 Å². The molecule has 0 aliphatic heterocycles. The molecule has 0 saturated heterocycles. The summed E-state index contributed by atoms with van der Waals surface area (Å²) < 4.78 is 0. The van der Waals surface area contributed by atoms with E-state index in [0.29, 0.717) is 11.1 Å². The van der Waals surface area contributed by atoms with Crippen LogP contribution in [0, 0.1) is 0 Å². The maximum absolute atomic E-state index is 10.7. The molecule has 0 spiro atoms.